The molecule has 0 rings (SSSR count). The van der Waals surface area contributed by atoms with Crippen LogP contribution in [0.1, 0.15) is 322 Å². The van der Waals surface area contributed by atoms with Crippen LogP contribution in [0.3, 0.4) is 0 Å². The van der Waals surface area contributed by atoms with Crippen molar-refractivity contribution in [2.45, 2.75) is 334 Å². The summed E-state index contributed by atoms with van der Waals surface area (Å²) in [7, 11) is 0. The summed E-state index contributed by atoms with van der Waals surface area (Å²) in [4.78, 5) is 24.5. The third kappa shape index (κ3) is 53.4. The summed E-state index contributed by atoms with van der Waals surface area (Å²) in [6.45, 7) is 4.92. The van der Waals surface area contributed by atoms with Crippen LogP contribution in [0.25, 0.3) is 0 Å². The molecule has 0 aromatic rings. The lowest BCUT2D eigenvalue weighted by molar-refractivity contribution is -0.143. The molecule has 0 saturated heterocycles. The van der Waals surface area contributed by atoms with Crippen LogP contribution >= 0.6 is 0 Å². The van der Waals surface area contributed by atoms with Crippen molar-refractivity contribution >= 4 is 11.9 Å². The Morgan fingerprint density at radius 3 is 1.13 bits per heavy atom. The first kappa shape index (κ1) is 66.1. The first-order valence-corrected chi connectivity index (χ1v) is 30.3. The predicted octanol–water partition coefficient (Wildman–Crippen LogP) is 18.8. The maximum Gasteiger partial charge on any atom is 0.305 e. The molecule has 0 heterocycles. The Hall–Kier alpha value is -1.92. The van der Waals surface area contributed by atoms with Crippen molar-refractivity contribution in [3.8, 4) is 0 Å². The molecular formula is C62H117NO5. The number of carbonyl (C=O) groups excluding carboxylic acids is 2. The van der Waals surface area contributed by atoms with Crippen LogP contribution < -0.4 is 5.32 Å². The van der Waals surface area contributed by atoms with Gasteiger partial charge in [-0.1, -0.05) is 262 Å². The summed E-state index contributed by atoms with van der Waals surface area (Å²) < 4.78 is 5.46. The van der Waals surface area contributed by atoms with E-state index >= 15 is 0 Å². The number of unbranched alkanes of at least 4 members (excludes halogenated alkanes) is 40. The maximum atomic E-state index is 12.5. The molecule has 6 heteroatoms. The van der Waals surface area contributed by atoms with Crippen LogP contribution in [-0.4, -0.2) is 47.4 Å². The molecule has 0 aromatic heterocycles. The number of carbonyl (C=O) groups is 2. The van der Waals surface area contributed by atoms with E-state index in [1.165, 1.54) is 218 Å². The molecule has 3 N–H and O–H groups in total. The van der Waals surface area contributed by atoms with Gasteiger partial charge in [0, 0.05) is 12.8 Å². The molecule has 2 atom stereocenters. The van der Waals surface area contributed by atoms with E-state index in [1.54, 1.807) is 0 Å². The predicted molar refractivity (Wildman–Crippen MR) is 296 cm³/mol. The highest BCUT2D eigenvalue weighted by Crippen LogP contribution is 2.17. The van der Waals surface area contributed by atoms with Crippen LogP contribution in [0.2, 0.25) is 0 Å². The van der Waals surface area contributed by atoms with E-state index in [4.69, 9.17) is 4.74 Å². The number of esters is 1. The highest BCUT2D eigenvalue weighted by molar-refractivity contribution is 5.76. The molecule has 0 radical (unpaired) electrons. The van der Waals surface area contributed by atoms with Gasteiger partial charge in [-0.15, -0.1) is 0 Å². The lowest BCUT2D eigenvalue weighted by Gasteiger charge is -2.22. The summed E-state index contributed by atoms with van der Waals surface area (Å²) in [5.41, 5.74) is 0. The first-order chi connectivity index (χ1) is 33.5. The van der Waals surface area contributed by atoms with Crippen molar-refractivity contribution in [3.63, 3.8) is 0 Å². The van der Waals surface area contributed by atoms with Gasteiger partial charge in [0.1, 0.15) is 0 Å². The van der Waals surface area contributed by atoms with Gasteiger partial charge in [0.15, 0.2) is 0 Å². The van der Waals surface area contributed by atoms with E-state index in [1.807, 2.05) is 0 Å². The molecule has 0 aliphatic rings. The fourth-order valence-corrected chi connectivity index (χ4v) is 9.27. The minimum Gasteiger partial charge on any atom is -0.466 e. The van der Waals surface area contributed by atoms with Crippen LogP contribution in [0.4, 0.5) is 0 Å². The normalized spacial score (nSPS) is 12.8. The first-order valence-electron chi connectivity index (χ1n) is 30.3. The van der Waals surface area contributed by atoms with Gasteiger partial charge in [0.25, 0.3) is 0 Å². The Kier molecular flexibility index (Phi) is 56.0. The number of rotatable bonds is 56. The van der Waals surface area contributed by atoms with Gasteiger partial charge in [0.05, 0.1) is 25.4 Å². The minimum atomic E-state index is -0.671. The number of aliphatic hydroxyl groups is 2. The van der Waals surface area contributed by atoms with Gasteiger partial charge in [-0.3, -0.25) is 9.59 Å². The number of hydrogen-bond donors (Lipinski definition) is 3. The zero-order chi connectivity index (χ0) is 49.3. The summed E-state index contributed by atoms with van der Waals surface area (Å²) in [5.74, 6) is -0.0605. The van der Waals surface area contributed by atoms with Gasteiger partial charge >= 0.3 is 5.97 Å². The Bertz CT molecular complexity index is 1100. The Labute approximate surface area is 424 Å². The molecule has 1 amide bonds. The molecule has 0 aromatic carbocycles. The Balaban J connectivity index is 3.47. The van der Waals surface area contributed by atoms with Crippen molar-refractivity contribution in [3.05, 3.63) is 36.5 Å². The van der Waals surface area contributed by atoms with Gasteiger partial charge < -0.3 is 20.3 Å². The number of hydrogen-bond acceptors (Lipinski definition) is 5. The summed E-state index contributed by atoms with van der Waals surface area (Å²) >= 11 is 0. The highest BCUT2D eigenvalue weighted by Gasteiger charge is 2.20. The largest absolute Gasteiger partial charge is 0.466 e. The summed E-state index contributed by atoms with van der Waals surface area (Å²) in [6.07, 6.45) is 71.4. The molecule has 0 saturated carbocycles. The maximum absolute atomic E-state index is 12.5. The molecule has 0 aliphatic heterocycles. The molecule has 2 unspecified atom stereocenters. The minimum absolute atomic E-state index is 0.0166. The van der Waals surface area contributed by atoms with E-state index in [2.05, 4.69) is 55.6 Å². The molecular weight excluding hydrogens is 839 g/mol. The van der Waals surface area contributed by atoms with Crippen molar-refractivity contribution < 1.29 is 24.5 Å². The van der Waals surface area contributed by atoms with E-state index in [9.17, 15) is 19.8 Å². The lowest BCUT2D eigenvalue weighted by Crippen LogP contribution is -2.45. The van der Waals surface area contributed by atoms with Crippen molar-refractivity contribution in [1.82, 2.24) is 5.32 Å². The number of ether oxygens (including phenoxy) is 1. The Morgan fingerprint density at radius 1 is 0.412 bits per heavy atom. The van der Waals surface area contributed by atoms with Gasteiger partial charge in [-0.25, -0.2) is 0 Å². The fourth-order valence-electron chi connectivity index (χ4n) is 9.27. The molecule has 0 bridgehead atoms. The fraction of sp³-hybridized carbons (Fsp3) is 0.871. The smallest absolute Gasteiger partial charge is 0.305 e. The molecule has 0 aliphatic carbocycles. The zero-order valence-electron chi connectivity index (χ0n) is 45.6. The van der Waals surface area contributed by atoms with E-state index in [0.717, 1.165) is 70.6 Å². The SMILES string of the molecule is CCCCCCCC/C=C\CCCCCCCCCC(=O)OCCCCC/C=C\C=C/CCCCCCCCCCCCC(=O)NC(CO)C(O)CCCCCCCCCCCCCCCCC. The number of aliphatic hydroxyl groups excluding tert-OH is 2. The second kappa shape index (κ2) is 57.7. The van der Waals surface area contributed by atoms with Crippen molar-refractivity contribution in [2.75, 3.05) is 13.2 Å². The third-order valence-corrected chi connectivity index (χ3v) is 13.9. The number of nitrogens with one attached hydrogen (secondary N) is 1. The average Bonchev–Trinajstić information content (AvgIpc) is 3.34. The standard InChI is InChI=1S/C62H117NO5/c1-3-5-7-9-11-13-15-17-19-23-28-32-36-40-44-48-52-56-62(67)68-57-53-49-45-41-37-33-29-25-22-20-21-24-27-31-35-39-43-47-51-55-61(66)63-59(58-64)60(65)54-50-46-42-38-34-30-26-18-16-14-12-10-8-6-4-2/h17,19,25,29,33,37,59-60,64-65H,3-16,18,20-24,26-28,30-32,34-36,38-58H2,1-2H3,(H,63,66)/b19-17-,29-25-,37-33-. The van der Waals surface area contributed by atoms with E-state index in [-0.39, 0.29) is 18.5 Å². The van der Waals surface area contributed by atoms with Gasteiger partial charge in [0.2, 0.25) is 5.91 Å². The Morgan fingerprint density at radius 2 is 0.735 bits per heavy atom. The van der Waals surface area contributed by atoms with Gasteiger partial charge in [-0.05, 0) is 83.5 Å². The molecule has 0 spiro atoms. The number of amides is 1. The molecule has 68 heavy (non-hydrogen) atoms. The summed E-state index contributed by atoms with van der Waals surface area (Å²) in [5, 5.41) is 23.3. The topological polar surface area (TPSA) is 95.9 Å². The monoisotopic (exact) mass is 956 g/mol. The molecule has 6 nitrogen and oxygen atoms in total. The number of allylic oxidation sites excluding steroid dienone is 6. The summed E-state index contributed by atoms with van der Waals surface area (Å²) in [6, 6.07) is -0.549. The quantitative estimate of drug-likeness (QED) is 0.0244. The highest BCUT2D eigenvalue weighted by atomic mass is 16.5. The molecule has 0 fully saturated rings. The average molecular weight is 957 g/mol. The zero-order valence-corrected chi connectivity index (χ0v) is 45.6. The van der Waals surface area contributed by atoms with E-state index in [0.29, 0.717) is 25.9 Å². The van der Waals surface area contributed by atoms with Crippen LogP contribution in [0.5, 0.6) is 0 Å². The second-order valence-corrected chi connectivity index (χ2v) is 20.7. The third-order valence-electron chi connectivity index (χ3n) is 13.9. The lowest BCUT2D eigenvalue weighted by atomic mass is 10.0. The van der Waals surface area contributed by atoms with E-state index < -0.39 is 12.1 Å². The van der Waals surface area contributed by atoms with Crippen molar-refractivity contribution in [2.24, 2.45) is 0 Å². The van der Waals surface area contributed by atoms with Crippen LogP contribution in [0.15, 0.2) is 36.5 Å². The van der Waals surface area contributed by atoms with Crippen molar-refractivity contribution in [1.29, 1.82) is 0 Å². The molecule has 400 valence electrons. The van der Waals surface area contributed by atoms with Crippen LogP contribution in [-0.2, 0) is 14.3 Å². The second-order valence-electron chi connectivity index (χ2n) is 20.7. The van der Waals surface area contributed by atoms with Gasteiger partial charge in [-0.2, -0.15) is 0 Å². The van der Waals surface area contributed by atoms with Crippen LogP contribution in [0, 0.1) is 0 Å².